The van der Waals surface area contributed by atoms with Gasteiger partial charge in [0, 0.05) is 32.9 Å². The van der Waals surface area contributed by atoms with Gasteiger partial charge in [0.25, 0.3) is 0 Å². The molecule has 0 radical (unpaired) electrons. The lowest BCUT2D eigenvalue weighted by Gasteiger charge is -2.37. The van der Waals surface area contributed by atoms with Gasteiger partial charge >= 0.3 is 6.09 Å². The van der Waals surface area contributed by atoms with E-state index in [1.807, 2.05) is 6.92 Å². The molecular formula is C13H19N3O3. The zero-order chi connectivity index (χ0) is 13.7. The Morgan fingerprint density at radius 1 is 1.63 bits per heavy atom. The molecule has 0 spiro atoms. The molecule has 2 unspecified atom stereocenters. The summed E-state index contributed by atoms with van der Waals surface area (Å²) < 4.78 is 10.6. The van der Waals surface area contributed by atoms with Crippen LogP contribution in [-0.4, -0.2) is 54.9 Å². The molecule has 1 aliphatic heterocycles. The standard InChI is InChI=1S/C13H19N3O3/c1-10(18-2)12-9-15-6-7-16(12)13(17)19-11-4-3-5-14-8-11/h3-5,8,10,12,15H,6-7,9H2,1-2H3. The molecule has 2 atom stereocenters. The van der Waals surface area contributed by atoms with Gasteiger partial charge in [-0.25, -0.2) is 4.79 Å². The van der Waals surface area contributed by atoms with Crippen molar-refractivity contribution < 1.29 is 14.3 Å². The van der Waals surface area contributed by atoms with Crippen LogP contribution >= 0.6 is 0 Å². The Kier molecular flexibility index (Phi) is 4.70. The summed E-state index contributed by atoms with van der Waals surface area (Å²) in [5.74, 6) is 0.454. The summed E-state index contributed by atoms with van der Waals surface area (Å²) in [4.78, 5) is 17.8. The number of hydrogen-bond acceptors (Lipinski definition) is 5. The quantitative estimate of drug-likeness (QED) is 0.879. The first-order valence-corrected chi connectivity index (χ1v) is 6.34. The van der Waals surface area contributed by atoms with Crippen LogP contribution in [0.2, 0.25) is 0 Å². The van der Waals surface area contributed by atoms with E-state index in [2.05, 4.69) is 10.3 Å². The summed E-state index contributed by atoms with van der Waals surface area (Å²) in [6.07, 6.45) is 2.75. The van der Waals surface area contributed by atoms with Gasteiger partial charge in [0.15, 0.2) is 5.75 Å². The second kappa shape index (κ2) is 6.49. The van der Waals surface area contributed by atoms with Gasteiger partial charge in [-0.1, -0.05) is 0 Å². The third kappa shape index (κ3) is 3.42. The number of nitrogens with one attached hydrogen (secondary N) is 1. The van der Waals surface area contributed by atoms with Gasteiger partial charge in [0.1, 0.15) is 0 Å². The number of carbonyl (C=O) groups excluding carboxylic acids is 1. The number of amides is 1. The number of rotatable bonds is 3. The lowest BCUT2D eigenvalue weighted by Crippen LogP contribution is -2.58. The van der Waals surface area contributed by atoms with Crippen LogP contribution in [0.3, 0.4) is 0 Å². The Labute approximate surface area is 112 Å². The summed E-state index contributed by atoms with van der Waals surface area (Å²) in [7, 11) is 1.64. The first-order valence-electron chi connectivity index (χ1n) is 6.34. The summed E-state index contributed by atoms with van der Waals surface area (Å²) >= 11 is 0. The molecule has 2 rings (SSSR count). The van der Waals surface area contributed by atoms with Crippen molar-refractivity contribution in [2.24, 2.45) is 0 Å². The number of hydrogen-bond donors (Lipinski definition) is 1. The number of nitrogens with zero attached hydrogens (tertiary/aromatic N) is 2. The van der Waals surface area contributed by atoms with Gasteiger partial charge in [-0.3, -0.25) is 9.88 Å². The maximum Gasteiger partial charge on any atom is 0.415 e. The minimum atomic E-state index is -0.358. The van der Waals surface area contributed by atoms with Crippen molar-refractivity contribution in [1.29, 1.82) is 0 Å². The molecule has 1 amide bonds. The van der Waals surface area contributed by atoms with E-state index in [9.17, 15) is 4.79 Å². The number of methoxy groups -OCH3 is 1. The zero-order valence-corrected chi connectivity index (χ0v) is 11.2. The Bertz CT molecular complexity index is 413. The van der Waals surface area contributed by atoms with Crippen molar-refractivity contribution in [3.63, 3.8) is 0 Å². The lowest BCUT2D eigenvalue weighted by atomic mass is 10.1. The molecular weight excluding hydrogens is 246 g/mol. The molecule has 1 N–H and O–H groups in total. The second-order valence-electron chi connectivity index (χ2n) is 4.46. The fourth-order valence-electron chi connectivity index (χ4n) is 2.10. The minimum Gasteiger partial charge on any atom is -0.409 e. The first kappa shape index (κ1) is 13.8. The molecule has 1 aromatic heterocycles. The van der Waals surface area contributed by atoms with Crippen molar-refractivity contribution in [1.82, 2.24) is 15.2 Å². The number of piperazine rings is 1. The van der Waals surface area contributed by atoms with E-state index < -0.39 is 0 Å². The molecule has 2 heterocycles. The van der Waals surface area contributed by atoms with E-state index in [4.69, 9.17) is 9.47 Å². The third-order valence-corrected chi connectivity index (χ3v) is 3.27. The summed E-state index contributed by atoms with van der Waals surface area (Å²) in [6.45, 7) is 4.02. The van der Waals surface area contributed by atoms with E-state index in [0.29, 0.717) is 18.8 Å². The monoisotopic (exact) mass is 265 g/mol. The van der Waals surface area contributed by atoms with Gasteiger partial charge in [-0.15, -0.1) is 0 Å². The molecule has 0 aliphatic carbocycles. The van der Waals surface area contributed by atoms with Gasteiger partial charge in [-0.05, 0) is 19.1 Å². The SMILES string of the molecule is COC(C)C1CNCCN1C(=O)Oc1cccnc1. The van der Waals surface area contributed by atoms with Crippen LogP contribution in [0.25, 0.3) is 0 Å². The summed E-state index contributed by atoms with van der Waals surface area (Å²) in [6, 6.07) is 3.42. The fraction of sp³-hybridized carbons (Fsp3) is 0.538. The number of aromatic nitrogens is 1. The van der Waals surface area contributed by atoms with Gasteiger partial charge < -0.3 is 14.8 Å². The highest BCUT2D eigenvalue weighted by atomic mass is 16.6. The Hall–Kier alpha value is -1.66. The van der Waals surface area contributed by atoms with Gasteiger partial charge in [0.05, 0.1) is 18.3 Å². The van der Waals surface area contributed by atoms with E-state index in [0.717, 1.165) is 6.54 Å². The van der Waals surface area contributed by atoms with E-state index in [1.54, 1.807) is 30.3 Å². The fourth-order valence-corrected chi connectivity index (χ4v) is 2.10. The van der Waals surface area contributed by atoms with Gasteiger partial charge in [0.2, 0.25) is 0 Å². The molecule has 6 nitrogen and oxygen atoms in total. The predicted octanol–water partition coefficient (Wildman–Crippen LogP) is 0.889. The smallest absolute Gasteiger partial charge is 0.409 e. The molecule has 1 fully saturated rings. The molecule has 1 aliphatic rings. The molecule has 0 bridgehead atoms. The highest BCUT2D eigenvalue weighted by molar-refractivity contribution is 5.71. The van der Waals surface area contributed by atoms with Crippen LogP contribution in [0.4, 0.5) is 4.79 Å². The first-order chi connectivity index (χ1) is 9.22. The maximum absolute atomic E-state index is 12.2. The molecule has 0 saturated carbocycles. The Morgan fingerprint density at radius 2 is 2.47 bits per heavy atom. The molecule has 6 heteroatoms. The lowest BCUT2D eigenvalue weighted by molar-refractivity contribution is 0.0205. The highest BCUT2D eigenvalue weighted by Crippen LogP contribution is 2.14. The largest absolute Gasteiger partial charge is 0.415 e. The van der Waals surface area contributed by atoms with Crippen LogP contribution in [0.15, 0.2) is 24.5 Å². The van der Waals surface area contributed by atoms with Crippen LogP contribution in [0, 0.1) is 0 Å². The predicted molar refractivity (Wildman–Crippen MR) is 70.1 cm³/mol. The van der Waals surface area contributed by atoms with E-state index in [1.165, 1.54) is 6.20 Å². The third-order valence-electron chi connectivity index (χ3n) is 3.27. The minimum absolute atomic E-state index is 0.0251. The van der Waals surface area contributed by atoms with E-state index in [-0.39, 0.29) is 18.2 Å². The summed E-state index contributed by atoms with van der Waals surface area (Å²) in [5, 5.41) is 3.26. The van der Waals surface area contributed by atoms with Crippen molar-refractivity contribution in [3.8, 4) is 5.75 Å². The summed E-state index contributed by atoms with van der Waals surface area (Å²) in [5.41, 5.74) is 0. The molecule has 0 aromatic carbocycles. The average Bonchev–Trinajstić information content (AvgIpc) is 2.47. The molecule has 1 saturated heterocycles. The average molecular weight is 265 g/mol. The van der Waals surface area contributed by atoms with E-state index >= 15 is 0 Å². The maximum atomic E-state index is 12.2. The van der Waals surface area contributed by atoms with Crippen LogP contribution in [-0.2, 0) is 4.74 Å². The number of carbonyl (C=O) groups is 1. The van der Waals surface area contributed by atoms with Crippen molar-refractivity contribution in [2.45, 2.75) is 19.1 Å². The van der Waals surface area contributed by atoms with Crippen molar-refractivity contribution in [2.75, 3.05) is 26.7 Å². The normalized spacial score (nSPS) is 20.9. The Morgan fingerprint density at radius 3 is 3.16 bits per heavy atom. The van der Waals surface area contributed by atoms with Crippen molar-refractivity contribution >= 4 is 6.09 Å². The number of pyridine rings is 1. The highest BCUT2D eigenvalue weighted by Gasteiger charge is 2.32. The zero-order valence-electron chi connectivity index (χ0n) is 11.2. The topological polar surface area (TPSA) is 63.7 Å². The molecule has 19 heavy (non-hydrogen) atoms. The van der Waals surface area contributed by atoms with Crippen LogP contribution in [0.1, 0.15) is 6.92 Å². The second-order valence-corrected chi connectivity index (χ2v) is 4.46. The van der Waals surface area contributed by atoms with Gasteiger partial charge in [-0.2, -0.15) is 0 Å². The van der Waals surface area contributed by atoms with Crippen LogP contribution in [0.5, 0.6) is 5.75 Å². The van der Waals surface area contributed by atoms with Crippen molar-refractivity contribution in [3.05, 3.63) is 24.5 Å². The van der Waals surface area contributed by atoms with Crippen LogP contribution < -0.4 is 10.1 Å². The number of ether oxygens (including phenoxy) is 2. The molecule has 1 aromatic rings. The Balaban J connectivity index is 2.03. The molecule has 104 valence electrons.